The monoisotopic (exact) mass is 319 g/mol. The van der Waals surface area contributed by atoms with Gasteiger partial charge in [-0.15, -0.1) is 5.10 Å². The van der Waals surface area contributed by atoms with E-state index in [1.54, 1.807) is 36.0 Å². The van der Waals surface area contributed by atoms with Crippen molar-refractivity contribution in [1.29, 1.82) is 0 Å². The van der Waals surface area contributed by atoms with Crippen molar-refractivity contribution in [2.45, 2.75) is 30.3 Å². The van der Waals surface area contributed by atoms with Gasteiger partial charge in [-0.1, -0.05) is 11.8 Å². The number of hydrogen-bond donors (Lipinski definition) is 2. The molecule has 0 spiro atoms. The van der Waals surface area contributed by atoms with Gasteiger partial charge in [-0.3, -0.25) is 5.10 Å². The predicted molar refractivity (Wildman–Crippen MR) is 82.6 cm³/mol. The van der Waals surface area contributed by atoms with E-state index in [0.29, 0.717) is 18.3 Å². The molecule has 0 atom stereocenters. The first-order valence-corrected chi connectivity index (χ1v) is 8.22. The molecule has 2 N–H and O–H groups in total. The van der Waals surface area contributed by atoms with E-state index in [0.717, 1.165) is 23.2 Å². The van der Waals surface area contributed by atoms with Crippen LogP contribution in [-0.2, 0) is 0 Å². The quantitative estimate of drug-likeness (QED) is 0.574. The lowest BCUT2D eigenvalue weighted by Crippen LogP contribution is -2.00. The highest BCUT2D eigenvalue weighted by molar-refractivity contribution is 7.99. The zero-order valence-corrected chi connectivity index (χ0v) is 12.8. The van der Waals surface area contributed by atoms with E-state index in [1.165, 1.54) is 12.8 Å². The summed E-state index contributed by atoms with van der Waals surface area (Å²) in [5, 5.41) is 16.8. The molecule has 1 aromatic carbocycles. The van der Waals surface area contributed by atoms with Gasteiger partial charge in [-0.05, 0) is 43.5 Å². The molecule has 7 heteroatoms. The summed E-state index contributed by atoms with van der Waals surface area (Å²) in [6, 6.07) is 6.43. The topological polar surface area (TPSA) is 88.1 Å². The molecule has 1 heterocycles. The lowest BCUT2D eigenvalue weighted by Gasteiger charge is -2.05. The Morgan fingerprint density at radius 1 is 1.36 bits per heavy atom. The Kier molecular flexibility index (Phi) is 4.62. The summed E-state index contributed by atoms with van der Waals surface area (Å²) in [7, 11) is 0. The molecule has 0 bridgehead atoms. The van der Waals surface area contributed by atoms with Gasteiger partial charge in [0, 0.05) is 11.7 Å². The Morgan fingerprint density at radius 3 is 2.82 bits per heavy atom. The van der Waals surface area contributed by atoms with Crippen LogP contribution in [-0.4, -0.2) is 38.6 Å². The van der Waals surface area contributed by atoms with Crippen LogP contribution in [0.4, 0.5) is 0 Å². The molecule has 2 aromatic rings. The molecule has 0 unspecified atom stereocenters. The first kappa shape index (κ1) is 14.9. The number of benzene rings is 1. The molecular weight excluding hydrogens is 302 g/mol. The molecule has 1 saturated carbocycles. The summed E-state index contributed by atoms with van der Waals surface area (Å²) < 4.78 is 5.58. The molecule has 1 fully saturated rings. The Morgan fingerprint density at radius 2 is 2.14 bits per heavy atom. The van der Waals surface area contributed by atoms with Gasteiger partial charge >= 0.3 is 5.97 Å². The average Bonchev–Trinajstić information content (AvgIpc) is 3.27. The maximum Gasteiger partial charge on any atom is 0.335 e. The van der Waals surface area contributed by atoms with Crippen LogP contribution in [0.3, 0.4) is 0 Å². The number of nitrogens with zero attached hydrogens (tertiary/aromatic N) is 2. The number of thioether (sulfide) groups is 1. The molecule has 0 radical (unpaired) electrons. The van der Waals surface area contributed by atoms with Crippen LogP contribution in [0.25, 0.3) is 0 Å². The van der Waals surface area contributed by atoms with Crippen molar-refractivity contribution in [2.24, 2.45) is 0 Å². The van der Waals surface area contributed by atoms with Crippen LogP contribution in [0.1, 0.15) is 41.4 Å². The highest BCUT2D eigenvalue weighted by Crippen LogP contribution is 2.38. The fraction of sp³-hybridized carbons (Fsp3) is 0.400. The summed E-state index contributed by atoms with van der Waals surface area (Å²) in [6.07, 6.45) is 3.31. The molecule has 3 rings (SSSR count). The fourth-order valence-corrected chi connectivity index (χ4v) is 2.69. The number of aromatic amines is 1. The average molecular weight is 319 g/mol. The van der Waals surface area contributed by atoms with Crippen molar-refractivity contribution in [2.75, 3.05) is 12.4 Å². The number of nitrogens with one attached hydrogen (secondary N) is 1. The Labute approximate surface area is 132 Å². The summed E-state index contributed by atoms with van der Waals surface area (Å²) in [4.78, 5) is 15.2. The maximum absolute atomic E-state index is 10.7. The second kappa shape index (κ2) is 6.83. The van der Waals surface area contributed by atoms with E-state index in [9.17, 15) is 4.79 Å². The number of ether oxygens (including phenoxy) is 1. The number of aromatic carboxylic acids is 1. The van der Waals surface area contributed by atoms with E-state index in [-0.39, 0.29) is 5.56 Å². The van der Waals surface area contributed by atoms with Crippen LogP contribution >= 0.6 is 11.8 Å². The molecule has 22 heavy (non-hydrogen) atoms. The zero-order valence-electron chi connectivity index (χ0n) is 12.0. The maximum atomic E-state index is 10.7. The largest absolute Gasteiger partial charge is 0.494 e. The Balaban J connectivity index is 1.35. The van der Waals surface area contributed by atoms with Crippen molar-refractivity contribution in [3.05, 3.63) is 35.7 Å². The number of H-pyrrole nitrogens is 1. The number of aromatic nitrogens is 3. The lowest BCUT2D eigenvalue weighted by atomic mass is 10.2. The van der Waals surface area contributed by atoms with Crippen LogP contribution in [0.2, 0.25) is 0 Å². The van der Waals surface area contributed by atoms with Gasteiger partial charge in [-0.25, -0.2) is 9.78 Å². The normalized spacial score (nSPS) is 14.0. The number of carbonyl (C=O) groups is 1. The van der Waals surface area contributed by atoms with Crippen molar-refractivity contribution >= 4 is 17.7 Å². The molecule has 1 aliphatic rings. The second-order valence-corrected chi connectivity index (χ2v) is 6.22. The third-order valence-electron chi connectivity index (χ3n) is 3.34. The van der Waals surface area contributed by atoms with Gasteiger partial charge in [0.05, 0.1) is 12.2 Å². The molecule has 1 aromatic heterocycles. The predicted octanol–water partition coefficient (Wildman–Crippen LogP) is 2.94. The number of carboxylic acids is 1. The van der Waals surface area contributed by atoms with Gasteiger partial charge in [0.25, 0.3) is 0 Å². The number of hydrogen-bond acceptors (Lipinski definition) is 5. The van der Waals surface area contributed by atoms with E-state index in [2.05, 4.69) is 15.2 Å². The summed E-state index contributed by atoms with van der Waals surface area (Å²) in [6.45, 7) is 0.583. The lowest BCUT2D eigenvalue weighted by molar-refractivity contribution is 0.0697. The van der Waals surface area contributed by atoms with Crippen LogP contribution in [0.15, 0.2) is 29.4 Å². The van der Waals surface area contributed by atoms with Gasteiger partial charge in [0.15, 0.2) is 0 Å². The SMILES string of the molecule is O=C(O)c1ccc(OCCCSc2n[nH]c(C3CC3)n2)cc1. The van der Waals surface area contributed by atoms with E-state index in [1.807, 2.05) is 0 Å². The van der Waals surface area contributed by atoms with E-state index < -0.39 is 5.97 Å². The molecule has 116 valence electrons. The van der Waals surface area contributed by atoms with Crippen molar-refractivity contribution < 1.29 is 14.6 Å². The summed E-state index contributed by atoms with van der Waals surface area (Å²) >= 11 is 1.62. The van der Waals surface area contributed by atoms with Crippen molar-refractivity contribution in [3.8, 4) is 5.75 Å². The highest BCUT2D eigenvalue weighted by Gasteiger charge is 2.27. The van der Waals surface area contributed by atoms with Gasteiger partial charge < -0.3 is 9.84 Å². The molecule has 0 aliphatic heterocycles. The van der Waals surface area contributed by atoms with Gasteiger partial charge in [-0.2, -0.15) is 0 Å². The van der Waals surface area contributed by atoms with E-state index >= 15 is 0 Å². The molecule has 0 amide bonds. The second-order valence-electron chi connectivity index (χ2n) is 5.16. The van der Waals surface area contributed by atoms with E-state index in [4.69, 9.17) is 9.84 Å². The first-order chi connectivity index (χ1) is 10.7. The molecule has 6 nitrogen and oxygen atoms in total. The molecule has 1 aliphatic carbocycles. The van der Waals surface area contributed by atoms with Gasteiger partial charge in [0.2, 0.25) is 5.16 Å². The Bertz CT molecular complexity index is 638. The molecule has 0 saturated heterocycles. The van der Waals surface area contributed by atoms with Crippen molar-refractivity contribution in [1.82, 2.24) is 15.2 Å². The summed E-state index contributed by atoms with van der Waals surface area (Å²) in [5.41, 5.74) is 0.263. The zero-order chi connectivity index (χ0) is 15.4. The minimum absolute atomic E-state index is 0.263. The third-order valence-corrected chi connectivity index (χ3v) is 4.27. The Hall–Kier alpha value is -2.02. The summed E-state index contributed by atoms with van der Waals surface area (Å²) in [5.74, 6) is 2.25. The minimum Gasteiger partial charge on any atom is -0.494 e. The highest BCUT2D eigenvalue weighted by atomic mass is 32.2. The standard InChI is InChI=1S/C15H17N3O3S/c19-14(20)11-4-6-12(7-5-11)21-8-1-9-22-15-16-13(17-18-15)10-2-3-10/h4-7,10H,1-3,8-9H2,(H,19,20)(H,16,17,18). The third kappa shape index (κ3) is 4.00. The van der Waals surface area contributed by atoms with Crippen LogP contribution in [0, 0.1) is 0 Å². The number of rotatable bonds is 8. The van der Waals surface area contributed by atoms with Gasteiger partial charge in [0.1, 0.15) is 11.6 Å². The fourth-order valence-electron chi connectivity index (χ4n) is 1.97. The minimum atomic E-state index is -0.931. The van der Waals surface area contributed by atoms with Crippen LogP contribution < -0.4 is 4.74 Å². The first-order valence-electron chi connectivity index (χ1n) is 7.23. The van der Waals surface area contributed by atoms with Crippen molar-refractivity contribution in [3.63, 3.8) is 0 Å². The smallest absolute Gasteiger partial charge is 0.335 e. The van der Waals surface area contributed by atoms with Crippen LogP contribution in [0.5, 0.6) is 5.75 Å². The molecular formula is C15H17N3O3S. The number of carboxylic acid groups (broad SMARTS) is 1.